The molecule has 4 nitrogen and oxygen atoms in total. The summed E-state index contributed by atoms with van der Waals surface area (Å²) in [5.74, 6) is -2.29. The van der Waals surface area contributed by atoms with E-state index < -0.39 is 24.2 Å². The van der Waals surface area contributed by atoms with Crippen LogP contribution in [0, 0.1) is 0 Å². The Morgan fingerprint density at radius 2 is 1.72 bits per heavy atom. The molecule has 1 rings (SSSR count). The maximum atomic E-state index is 11.9. The van der Waals surface area contributed by atoms with Crippen LogP contribution in [0.5, 0.6) is 0 Å². The van der Waals surface area contributed by atoms with Gasteiger partial charge >= 0.3 is 18.1 Å². The van der Waals surface area contributed by atoms with Crippen molar-refractivity contribution in [2.24, 2.45) is 0 Å². The molecule has 0 radical (unpaired) electrons. The van der Waals surface area contributed by atoms with Crippen molar-refractivity contribution in [2.75, 3.05) is 0 Å². The number of hydrogen-bond donors (Lipinski definition) is 2. The third kappa shape index (κ3) is 4.08. The first-order chi connectivity index (χ1) is 8.30. The second kappa shape index (κ2) is 5.52. The van der Waals surface area contributed by atoms with E-state index in [-0.39, 0.29) is 0 Å². The largest absolute Gasteiger partial charge is 0.471 e. The van der Waals surface area contributed by atoms with Crippen LogP contribution in [-0.4, -0.2) is 18.1 Å². The summed E-state index contributed by atoms with van der Waals surface area (Å²) in [6, 6.07) is 6.94. The zero-order valence-electron chi connectivity index (χ0n) is 9.41. The molecule has 18 heavy (non-hydrogen) atoms. The van der Waals surface area contributed by atoms with Crippen LogP contribution in [0.1, 0.15) is 18.5 Å². The van der Waals surface area contributed by atoms with Crippen molar-refractivity contribution in [2.45, 2.75) is 19.1 Å². The van der Waals surface area contributed by atoms with Gasteiger partial charge in [0.15, 0.2) is 0 Å². The zero-order valence-corrected chi connectivity index (χ0v) is 9.41. The first-order valence-electron chi connectivity index (χ1n) is 5.04. The lowest BCUT2D eigenvalue weighted by Crippen LogP contribution is -2.46. The highest BCUT2D eigenvalue weighted by Crippen LogP contribution is 2.14. The number of benzene rings is 1. The molecule has 3 amide bonds. The van der Waals surface area contributed by atoms with Crippen LogP contribution < -0.4 is 10.6 Å². The first kappa shape index (κ1) is 14.0. The highest BCUT2D eigenvalue weighted by molar-refractivity contribution is 5.97. The maximum absolute atomic E-state index is 11.9. The predicted molar refractivity (Wildman–Crippen MR) is 57.6 cm³/mol. The molecule has 0 aromatic heterocycles. The van der Waals surface area contributed by atoms with E-state index in [9.17, 15) is 22.8 Å². The molecule has 0 aliphatic carbocycles. The van der Waals surface area contributed by atoms with Gasteiger partial charge in [0, 0.05) is 0 Å². The quantitative estimate of drug-likeness (QED) is 0.855. The Hall–Kier alpha value is -2.05. The van der Waals surface area contributed by atoms with Gasteiger partial charge in [-0.3, -0.25) is 10.1 Å². The van der Waals surface area contributed by atoms with Crippen LogP contribution in [0.3, 0.4) is 0 Å². The molecule has 98 valence electrons. The van der Waals surface area contributed by atoms with E-state index in [1.165, 1.54) is 5.32 Å². The predicted octanol–water partition coefficient (Wildman–Crippen LogP) is 2.14. The van der Waals surface area contributed by atoms with Gasteiger partial charge in [-0.05, 0) is 12.5 Å². The molecule has 0 aliphatic rings. The van der Waals surface area contributed by atoms with Gasteiger partial charge in [-0.1, -0.05) is 30.3 Å². The number of alkyl halides is 3. The minimum atomic E-state index is -5.08. The number of carbonyl (C=O) groups excluding carboxylic acids is 2. The Bertz CT molecular complexity index is 432. The lowest BCUT2D eigenvalue weighted by Gasteiger charge is -2.14. The van der Waals surface area contributed by atoms with Gasteiger partial charge in [0.05, 0.1) is 6.04 Å². The minimum absolute atomic E-state index is 0.507. The Morgan fingerprint density at radius 3 is 2.22 bits per heavy atom. The Kier molecular flexibility index (Phi) is 4.30. The summed E-state index contributed by atoms with van der Waals surface area (Å²) in [4.78, 5) is 21.6. The number of imide groups is 1. The molecule has 2 N–H and O–H groups in total. The number of nitrogens with one attached hydrogen (secondary N) is 2. The molecule has 0 fully saturated rings. The Balaban J connectivity index is 2.54. The first-order valence-corrected chi connectivity index (χ1v) is 5.04. The number of hydrogen-bond acceptors (Lipinski definition) is 2. The van der Waals surface area contributed by atoms with Crippen molar-refractivity contribution in [1.29, 1.82) is 0 Å². The van der Waals surface area contributed by atoms with Crippen LogP contribution in [0.2, 0.25) is 0 Å². The molecule has 0 saturated heterocycles. The Morgan fingerprint density at radius 1 is 1.17 bits per heavy atom. The molecule has 0 aliphatic heterocycles. The number of halogens is 3. The van der Waals surface area contributed by atoms with Crippen molar-refractivity contribution < 1.29 is 22.8 Å². The van der Waals surface area contributed by atoms with E-state index in [0.717, 1.165) is 0 Å². The molecule has 1 atom stereocenters. The van der Waals surface area contributed by atoms with Gasteiger partial charge in [-0.25, -0.2) is 4.79 Å². The van der Waals surface area contributed by atoms with E-state index >= 15 is 0 Å². The van der Waals surface area contributed by atoms with Crippen LogP contribution in [-0.2, 0) is 4.79 Å². The van der Waals surface area contributed by atoms with Crippen LogP contribution >= 0.6 is 0 Å². The van der Waals surface area contributed by atoms with E-state index in [1.807, 2.05) is 0 Å². The Labute approximate surface area is 101 Å². The highest BCUT2D eigenvalue weighted by atomic mass is 19.4. The summed E-state index contributed by atoms with van der Waals surface area (Å²) in [5, 5.41) is 3.43. The maximum Gasteiger partial charge on any atom is 0.471 e. The van der Waals surface area contributed by atoms with Crippen molar-refractivity contribution in [1.82, 2.24) is 10.6 Å². The molecule has 7 heteroatoms. The van der Waals surface area contributed by atoms with Gasteiger partial charge in [-0.2, -0.15) is 13.2 Å². The van der Waals surface area contributed by atoms with Crippen molar-refractivity contribution in [3.05, 3.63) is 35.9 Å². The molecule has 1 aromatic rings. The number of urea groups is 1. The average Bonchev–Trinajstić information content (AvgIpc) is 2.28. The van der Waals surface area contributed by atoms with E-state index in [4.69, 9.17) is 0 Å². The molecule has 0 saturated carbocycles. The summed E-state index contributed by atoms with van der Waals surface area (Å²) >= 11 is 0. The average molecular weight is 260 g/mol. The highest BCUT2D eigenvalue weighted by Gasteiger charge is 2.39. The minimum Gasteiger partial charge on any atom is -0.331 e. The SMILES string of the molecule is C[C@H](NC(=O)NC(=O)C(F)(F)F)c1ccccc1. The van der Waals surface area contributed by atoms with Crippen molar-refractivity contribution in [3.8, 4) is 0 Å². The lowest BCUT2D eigenvalue weighted by molar-refractivity contribution is -0.172. The van der Waals surface area contributed by atoms with E-state index in [1.54, 1.807) is 37.3 Å². The van der Waals surface area contributed by atoms with Crippen molar-refractivity contribution >= 4 is 11.9 Å². The normalized spacial score (nSPS) is 12.7. The van der Waals surface area contributed by atoms with Gasteiger partial charge < -0.3 is 5.32 Å². The summed E-state index contributed by atoms with van der Waals surface area (Å²) in [6.07, 6.45) is -5.08. The standard InChI is InChI=1S/C11H11F3N2O2/c1-7(8-5-3-2-4-6-8)15-10(18)16-9(17)11(12,13)14/h2-7H,1H3,(H2,15,16,17,18)/t7-/m0/s1. The second-order valence-corrected chi connectivity index (χ2v) is 3.56. The number of carbonyl (C=O) groups is 2. The lowest BCUT2D eigenvalue weighted by atomic mass is 10.1. The van der Waals surface area contributed by atoms with Gasteiger partial charge in [-0.15, -0.1) is 0 Å². The summed E-state index contributed by atoms with van der Waals surface area (Å²) in [6.45, 7) is 1.59. The molecule has 0 heterocycles. The third-order valence-electron chi connectivity index (χ3n) is 2.13. The van der Waals surface area contributed by atoms with E-state index in [0.29, 0.717) is 5.56 Å². The molecule has 0 unspecified atom stereocenters. The molecule has 0 bridgehead atoms. The van der Waals surface area contributed by atoms with Crippen LogP contribution in [0.15, 0.2) is 30.3 Å². The molecular formula is C11H11F3N2O2. The molecule has 0 spiro atoms. The third-order valence-corrected chi connectivity index (χ3v) is 2.13. The fraction of sp³-hybridized carbons (Fsp3) is 0.273. The summed E-state index contributed by atoms with van der Waals surface area (Å²) in [5.41, 5.74) is 0.715. The monoisotopic (exact) mass is 260 g/mol. The molecular weight excluding hydrogens is 249 g/mol. The number of amides is 3. The van der Waals surface area contributed by atoms with E-state index in [2.05, 4.69) is 5.32 Å². The molecule has 1 aromatic carbocycles. The fourth-order valence-corrected chi connectivity index (χ4v) is 1.23. The summed E-state index contributed by atoms with van der Waals surface area (Å²) in [7, 11) is 0. The van der Waals surface area contributed by atoms with Crippen molar-refractivity contribution in [3.63, 3.8) is 0 Å². The van der Waals surface area contributed by atoms with Gasteiger partial charge in [0.25, 0.3) is 0 Å². The topological polar surface area (TPSA) is 58.2 Å². The van der Waals surface area contributed by atoms with Crippen LogP contribution in [0.4, 0.5) is 18.0 Å². The van der Waals surface area contributed by atoms with Gasteiger partial charge in [0.2, 0.25) is 0 Å². The fourth-order valence-electron chi connectivity index (χ4n) is 1.23. The summed E-state index contributed by atoms with van der Waals surface area (Å²) < 4.78 is 35.6. The second-order valence-electron chi connectivity index (χ2n) is 3.56. The smallest absolute Gasteiger partial charge is 0.331 e. The van der Waals surface area contributed by atoms with Crippen LogP contribution in [0.25, 0.3) is 0 Å². The van der Waals surface area contributed by atoms with Gasteiger partial charge in [0.1, 0.15) is 0 Å². The zero-order chi connectivity index (χ0) is 13.8. The number of rotatable bonds is 2.